The summed E-state index contributed by atoms with van der Waals surface area (Å²) in [5.41, 5.74) is 4.90. The first-order valence-electron chi connectivity index (χ1n) is 18.4. The molecular weight excluding hydrogens is 686 g/mol. The van der Waals surface area contributed by atoms with Gasteiger partial charge in [-0.15, -0.1) is 0 Å². The number of rotatable bonds is 14. The number of hydrogen-bond acceptors (Lipinski definition) is 9. The van der Waals surface area contributed by atoms with Crippen molar-refractivity contribution < 1.29 is 29.3 Å². The zero-order valence-electron chi connectivity index (χ0n) is 29.9. The number of aromatic hydroxyl groups is 1. The Morgan fingerprint density at radius 1 is 0.870 bits per heavy atom. The van der Waals surface area contributed by atoms with E-state index in [1.807, 2.05) is 54.6 Å². The van der Waals surface area contributed by atoms with Gasteiger partial charge in [-0.2, -0.15) is 0 Å². The van der Waals surface area contributed by atoms with E-state index in [1.54, 1.807) is 24.3 Å². The largest absolute Gasteiger partial charge is 0.506 e. The number of amides is 2. The maximum absolute atomic E-state index is 12.9. The molecule has 3 aliphatic heterocycles. The molecule has 3 saturated heterocycles. The number of piperidine rings is 3. The van der Waals surface area contributed by atoms with Crippen molar-refractivity contribution in [2.45, 2.75) is 38.2 Å². The Morgan fingerprint density at radius 2 is 1.67 bits per heavy atom. The Balaban J connectivity index is 0.837. The summed E-state index contributed by atoms with van der Waals surface area (Å²) in [5, 5.41) is 30.3. The third-order valence-electron chi connectivity index (χ3n) is 10.2. The number of aromatic amines is 1. The van der Waals surface area contributed by atoms with E-state index < -0.39 is 6.10 Å². The molecule has 5 aromatic rings. The van der Waals surface area contributed by atoms with Crippen LogP contribution in [0.1, 0.15) is 46.0 Å². The van der Waals surface area contributed by atoms with Gasteiger partial charge in [0.2, 0.25) is 5.56 Å². The second-order valence-corrected chi connectivity index (χ2v) is 13.9. The molecule has 1 aromatic heterocycles. The minimum atomic E-state index is -0.889. The number of alkyl carbamates (subject to hydrolysis) is 1. The van der Waals surface area contributed by atoms with Crippen molar-refractivity contribution in [3.8, 4) is 22.6 Å². The number of nitrogens with zero attached hydrogens (tertiary/aromatic N) is 1. The highest BCUT2D eigenvalue weighted by molar-refractivity contribution is 5.94. The molecule has 0 radical (unpaired) electrons. The summed E-state index contributed by atoms with van der Waals surface area (Å²) in [7, 11) is 0. The van der Waals surface area contributed by atoms with E-state index in [2.05, 4.69) is 31.9 Å². The Morgan fingerprint density at radius 3 is 2.46 bits per heavy atom. The van der Waals surface area contributed by atoms with E-state index in [0.29, 0.717) is 47.8 Å². The van der Waals surface area contributed by atoms with Gasteiger partial charge in [0.15, 0.2) is 0 Å². The summed E-state index contributed by atoms with van der Waals surface area (Å²) in [6.07, 6.45) is 0.923. The molecule has 0 unspecified atom stereocenters. The zero-order chi connectivity index (χ0) is 37.4. The molecule has 0 spiro atoms. The van der Waals surface area contributed by atoms with Crippen molar-refractivity contribution in [3.05, 3.63) is 130 Å². The summed E-state index contributed by atoms with van der Waals surface area (Å²) in [4.78, 5) is 42.0. The maximum atomic E-state index is 12.9. The lowest BCUT2D eigenvalue weighted by Crippen LogP contribution is -2.52. The Bertz CT molecular complexity index is 2150. The van der Waals surface area contributed by atoms with Gasteiger partial charge in [-0.1, -0.05) is 48.5 Å². The SMILES string of the molecule is O=C(NCc1cccc(-c2ccc(OCc3cccc(C(=O)NCCNC[C@H](O)c4ccc(O)c5[nH]c(=O)ccc45)c3)cc2)c1)O[C@H]1CN2CCC1CC2. The quantitative estimate of drug-likeness (QED) is 0.0876. The number of benzene rings is 4. The van der Waals surface area contributed by atoms with Gasteiger partial charge in [0.05, 0.1) is 11.6 Å². The predicted molar refractivity (Wildman–Crippen MR) is 205 cm³/mol. The number of carbonyl (C=O) groups excluding carboxylic acids is 2. The second-order valence-electron chi connectivity index (χ2n) is 13.9. The first-order chi connectivity index (χ1) is 26.3. The second kappa shape index (κ2) is 17.0. The van der Waals surface area contributed by atoms with Gasteiger partial charge in [0.1, 0.15) is 24.2 Å². The average Bonchev–Trinajstić information content (AvgIpc) is 3.20. The molecule has 12 heteroatoms. The van der Waals surface area contributed by atoms with E-state index >= 15 is 0 Å². The predicted octanol–water partition coefficient (Wildman–Crippen LogP) is 4.85. The highest BCUT2D eigenvalue weighted by Crippen LogP contribution is 2.30. The number of H-pyrrole nitrogens is 1. The van der Waals surface area contributed by atoms with Gasteiger partial charge in [0.25, 0.3) is 5.91 Å². The summed E-state index contributed by atoms with van der Waals surface area (Å²) in [5.74, 6) is 0.882. The van der Waals surface area contributed by atoms with Crippen LogP contribution >= 0.6 is 0 Å². The molecule has 2 bridgehead atoms. The summed E-state index contributed by atoms with van der Waals surface area (Å²) in [6.45, 7) is 4.69. The molecule has 4 aromatic carbocycles. The van der Waals surface area contributed by atoms with Crippen LogP contribution in [-0.2, 0) is 17.9 Å². The van der Waals surface area contributed by atoms with Gasteiger partial charge in [-0.05, 0) is 102 Å². The molecule has 6 N–H and O–H groups in total. The number of hydrogen-bond donors (Lipinski definition) is 6. The number of aliphatic hydroxyl groups is 1. The molecule has 4 heterocycles. The van der Waals surface area contributed by atoms with Crippen LogP contribution in [0.5, 0.6) is 11.5 Å². The number of nitrogens with one attached hydrogen (secondary N) is 4. The molecule has 280 valence electrons. The van der Waals surface area contributed by atoms with Crippen LogP contribution in [0.25, 0.3) is 22.0 Å². The van der Waals surface area contributed by atoms with Gasteiger partial charge in [-0.3, -0.25) is 14.5 Å². The van der Waals surface area contributed by atoms with Crippen LogP contribution in [0.4, 0.5) is 4.79 Å². The number of carbonyl (C=O) groups is 2. The van der Waals surface area contributed by atoms with Gasteiger partial charge in [-0.25, -0.2) is 4.79 Å². The number of phenolic OH excluding ortho intramolecular Hbond substituents is 1. The molecule has 2 atom stereocenters. The van der Waals surface area contributed by atoms with Gasteiger partial charge >= 0.3 is 6.09 Å². The number of aliphatic hydroxyl groups excluding tert-OH is 1. The molecular formula is C42H45N5O7. The lowest BCUT2D eigenvalue weighted by atomic mass is 9.86. The lowest BCUT2D eigenvalue weighted by molar-refractivity contribution is -0.0332. The molecule has 8 rings (SSSR count). The van der Waals surface area contributed by atoms with Crippen molar-refractivity contribution in [2.24, 2.45) is 5.92 Å². The molecule has 3 fully saturated rings. The maximum Gasteiger partial charge on any atom is 0.407 e. The molecule has 2 amide bonds. The van der Waals surface area contributed by atoms with E-state index in [4.69, 9.17) is 9.47 Å². The third kappa shape index (κ3) is 9.08. The Kier molecular flexibility index (Phi) is 11.5. The molecule has 0 aliphatic carbocycles. The van der Waals surface area contributed by atoms with Crippen LogP contribution in [-0.4, -0.2) is 77.5 Å². The number of phenols is 1. The highest BCUT2D eigenvalue weighted by Gasteiger charge is 2.36. The standard InChI is InChI=1S/C42H45N5O7/c48-36-13-11-34(35-12-14-39(50)46-40(35)36)37(49)24-43-17-18-44-41(51)32-6-2-4-28(22-32)26-53-33-9-7-29(8-10-33)31-5-1-3-27(21-31)23-45-42(52)54-38-25-47-19-15-30(38)16-20-47/h1-14,21-22,30,37-38,43,48-49H,15-20,23-26H2,(H,44,51)(H,45,52)(H,46,50)/t37-,38-/m0/s1. The van der Waals surface area contributed by atoms with Crippen LogP contribution in [0, 0.1) is 5.92 Å². The fourth-order valence-electron chi connectivity index (χ4n) is 7.24. The highest BCUT2D eigenvalue weighted by atomic mass is 16.6. The number of pyridine rings is 1. The molecule has 0 saturated carbocycles. The van der Waals surface area contributed by atoms with Gasteiger partial charge < -0.3 is 40.6 Å². The van der Waals surface area contributed by atoms with E-state index in [-0.39, 0.29) is 48.1 Å². The normalized spacial score (nSPS) is 18.2. The number of aromatic nitrogens is 1. The van der Waals surface area contributed by atoms with Crippen molar-refractivity contribution in [2.75, 3.05) is 39.3 Å². The van der Waals surface area contributed by atoms with Gasteiger partial charge in [0, 0.05) is 49.7 Å². The van der Waals surface area contributed by atoms with Crippen LogP contribution in [0.3, 0.4) is 0 Å². The van der Waals surface area contributed by atoms with Crippen molar-refractivity contribution in [3.63, 3.8) is 0 Å². The summed E-state index contributed by atoms with van der Waals surface area (Å²) >= 11 is 0. The number of ether oxygens (including phenoxy) is 2. The summed E-state index contributed by atoms with van der Waals surface area (Å²) in [6, 6.07) is 29.1. The summed E-state index contributed by atoms with van der Waals surface area (Å²) < 4.78 is 11.8. The first-order valence-corrected chi connectivity index (χ1v) is 18.4. The van der Waals surface area contributed by atoms with Crippen LogP contribution < -0.4 is 26.2 Å². The monoisotopic (exact) mass is 731 g/mol. The molecule has 12 nitrogen and oxygen atoms in total. The fraction of sp³-hybridized carbons (Fsp3) is 0.310. The van der Waals surface area contributed by atoms with E-state index in [9.17, 15) is 24.6 Å². The minimum Gasteiger partial charge on any atom is -0.506 e. The van der Waals surface area contributed by atoms with Crippen molar-refractivity contribution in [1.82, 2.24) is 25.8 Å². The topological polar surface area (TPSA) is 165 Å². The average molecular weight is 732 g/mol. The number of fused-ring (bicyclic) bond motifs is 4. The third-order valence-corrected chi connectivity index (χ3v) is 10.2. The van der Waals surface area contributed by atoms with Crippen LogP contribution in [0.15, 0.2) is 102 Å². The van der Waals surface area contributed by atoms with E-state index in [0.717, 1.165) is 54.7 Å². The lowest BCUT2D eigenvalue weighted by Gasteiger charge is -2.43. The Labute approximate surface area is 313 Å². The first kappa shape index (κ1) is 36.7. The van der Waals surface area contributed by atoms with Crippen molar-refractivity contribution in [1.29, 1.82) is 0 Å². The minimum absolute atomic E-state index is 0.0200. The van der Waals surface area contributed by atoms with Crippen molar-refractivity contribution >= 4 is 22.9 Å². The van der Waals surface area contributed by atoms with Crippen LogP contribution in [0.2, 0.25) is 0 Å². The Hall–Kier alpha value is -5.69. The fourth-order valence-corrected chi connectivity index (χ4v) is 7.24. The molecule has 54 heavy (non-hydrogen) atoms. The molecule has 3 aliphatic rings. The zero-order valence-corrected chi connectivity index (χ0v) is 29.9. The van der Waals surface area contributed by atoms with E-state index in [1.165, 1.54) is 12.1 Å². The smallest absolute Gasteiger partial charge is 0.407 e.